The Bertz CT molecular complexity index is 828. The summed E-state index contributed by atoms with van der Waals surface area (Å²) in [6, 6.07) is 25.8. The summed E-state index contributed by atoms with van der Waals surface area (Å²) >= 11 is 18.0. The van der Waals surface area contributed by atoms with Crippen LogP contribution in [0.4, 0.5) is 5.69 Å². The molecular formula is C21H18Cl2N2S. The lowest BCUT2D eigenvalue weighted by molar-refractivity contribution is 0.413. The van der Waals surface area contributed by atoms with E-state index in [1.807, 2.05) is 36.4 Å². The van der Waals surface area contributed by atoms with Crippen molar-refractivity contribution in [2.24, 2.45) is 0 Å². The fourth-order valence-electron chi connectivity index (χ4n) is 2.59. The highest BCUT2D eigenvalue weighted by Crippen LogP contribution is 2.26. The zero-order chi connectivity index (χ0) is 18.4. The Morgan fingerprint density at radius 1 is 0.808 bits per heavy atom. The Balaban J connectivity index is 1.81. The van der Waals surface area contributed by atoms with Crippen LogP contribution in [0, 0.1) is 0 Å². The minimum Gasteiger partial charge on any atom is -0.340 e. The van der Waals surface area contributed by atoms with Gasteiger partial charge in [-0.1, -0.05) is 83.9 Å². The summed E-state index contributed by atoms with van der Waals surface area (Å²) in [6.07, 6.45) is 0. The number of nitrogens with one attached hydrogen (secondary N) is 1. The second-order valence-electron chi connectivity index (χ2n) is 5.88. The molecular weight excluding hydrogens is 383 g/mol. The molecule has 0 amide bonds. The van der Waals surface area contributed by atoms with Crippen molar-refractivity contribution in [3.63, 3.8) is 0 Å². The molecule has 132 valence electrons. The molecule has 0 spiro atoms. The van der Waals surface area contributed by atoms with Crippen molar-refractivity contribution in [1.29, 1.82) is 0 Å². The standard InChI is InChI=1S/C21H18Cl2N2S/c22-18-11-12-19(23)20(13-18)24-21(26)25(14-16-7-3-1-4-8-16)15-17-9-5-2-6-10-17/h1-13H,14-15H2,(H,24,26). The topological polar surface area (TPSA) is 15.3 Å². The lowest BCUT2D eigenvalue weighted by Gasteiger charge is -2.26. The molecule has 0 bridgehead atoms. The van der Waals surface area contributed by atoms with Crippen molar-refractivity contribution in [2.45, 2.75) is 13.1 Å². The summed E-state index contributed by atoms with van der Waals surface area (Å²) in [5.41, 5.74) is 3.07. The lowest BCUT2D eigenvalue weighted by Crippen LogP contribution is -2.33. The van der Waals surface area contributed by atoms with Crippen LogP contribution < -0.4 is 5.32 Å². The smallest absolute Gasteiger partial charge is 0.174 e. The average molecular weight is 401 g/mol. The molecule has 3 aromatic rings. The molecule has 0 heterocycles. The Morgan fingerprint density at radius 2 is 1.35 bits per heavy atom. The molecule has 0 aliphatic rings. The van der Waals surface area contributed by atoms with Gasteiger partial charge in [-0.25, -0.2) is 0 Å². The summed E-state index contributed by atoms with van der Waals surface area (Å²) in [5, 5.41) is 5.02. The number of anilines is 1. The van der Waals surface area contributed by atoms with Gasteiger partial charge in [0.15, 0.2) is 5.11 Å². The van der Waals surface area contributed by atoms with Gasteiger partial charge in [0.05, 0.1) is 10.7 Å². The van der Waals surface area contributed by atoms with Crippen LogP contribution in [0.1, 0.15) is 11.1 Å². The van der Waals surface area contributed by atoms with Gasteiger partial charge in [0.2, 0.25) is 0 Å². The maximum atomic E-state index is 6.27. The first kappa shape index (κ1) is 18.7. The van der Waals surface area contributed by atoms with Crippen LogP contribution in [-0.2, 0) is 13.1 Å². The van der Waals surface area contributed by atoms with Gasteiger partial charge in [0.25, 0.3) is 0 Å². The van der Waals surface area contributed by atoms with Crippen LogP contribution in [0.5, 0.6) is 0 Å². The third-order valence-corrected chi connectivity index (χ3v) is 4.81. The molecule has 0 unspecified atom stereocenters. The molecule has 0 saturated carbocycles. The Hall–Kier alpha value is -2.07. The third kappa shape index (κ3) is 5.21. The number of benzene rings is 3. The Labute approximate surface area is 169 Å². The van der Waals surface area contributed by atoms with E-state index in [0.717, 1.165) is 0 Å². The van der Waals surface area contributed by atoms with Gasteiger partial charge in [-0.3, -0.25) is 0 Å². The monoisotopic (exact) mass is 400 g/mol. The van der Waals surface area contributed by atoms with E-state index in [-0.39, 0.29) is 0 Å². The van der Waals surface area contributed by atoms with Crippen molar-refractivity contribution in [1.82, 2.24) is 4.90 Å². The molecule has 0 saturated heterocycles. The Kier molecular flexibility index (Phi) is 6.51. The Morgan fingerprint density at radius 3 is 1.88 bits per heavy atom. The highest BCUT2D eigenvalue weighted by molar-refractivity contribution is 7.80. The van der Waals surface area contributed by atoms with E-state index in [2.05, 4.69) is 34.5 Å². The molecule has 3 rings (SSSR count). The second kappa shape index (κ2) is 9.04. The molecule has 0 aromatic heterocycles. The number of nitrogens with zero attached hydrogens (tertiary/aromatic N) is 1. The first-order valence-corrected chi connectivity index (χ1v) is 9.37. The normalized spacial score (nSPS) is 10.4. The van der Waals surface area contributed by atoms with E-state index in [0.29, 0.717) is 33.9 Å². The largest absolute Gasteiger partial charge is 0.340 e. The number of rotatable bonds is 5. The summed E-state index contributed by atoms with van der Waals surface area (Å²) in [5.74, 6) is 0. The van der Waals surface area contributed by atoms with Crippen LogP contribution in [-0.4, -0.2) is 10.0 Å². The van der Waals surface area contributed by atoms with E-state index in [4.69, 9.17) is 35.4 Å². The fourth-order valence-corrected chi connectivity index (χ4v) is 3.17. The molecule has 0 atom stereocenters. The minimum absolute atomic E-state index is 0.580. The summed E-state index contributed by atoms with van der Waals surface area (Å²) in [4.78, 5) is 2.11. The zero-order valence-electron chi connectivity index (χ0n) is 14.0. The maximum absolute atomic E-state index is 6.27. The third-order valence-electron chi connectivity index (χ3n) is 3.89. The van der Waals surface area contributed by atoms with Gasteiger partial charge in [-0.05, 0) is 41.5 Å². The molecule has 2 nitrogen and oxygen atoms in total. The highest BCUT2D eigenvalue weighted by Gasteiger charge is 2.13. The molecule has 0 aliphatic heterocycles. The van der Waals surface area contributed by atoms with Gasteiger partial charge in [0, 0.05) is 18.1 Å². The van der Waals surface area contributed by atoms with Gasteiger partial charge in [-0.2, -0.15) is 0 Å². The summed E-state index contributed by atoms with van der Waals surface area (Å²) in [6.45, 7) is 1.39. The minimum atomic E-state index is 0.580. The molecule has 0 aliphatic carbocycles. The van der Waals surface area contributed by atoms with E-state index in [1.54, 1.807) is 18.2 Å². The van der Waals surface area contributed by atoms with E-state index in [1.165, 1.54) is 11.1 Å². The molecule has 5 heteroatoms. The first-order chi connectivity index (χ1) is 12.6. The van der Waals surface area contributed by atoms with Gasteiger partial charge < -0.3 is 10.2 Å². The van der Waals surface area contributed by atoms with Crippen LogP contribution in [0.15, 0.2) is 78.9 Å². The molecule has 0 radical (unpaired) electrons. The van der Waals surface area contributed by atoms with Crippen LogP contribution in [0.25, 0.3) is 0 Å². The fraction of sp³-hybridized carbons (Fsp3) is 0.0952. The van der Waals surface area contributed by atoms with Crippen LogP contribution in [0.3, 0.4) is 0 Å². The average Bonchev–Trinajstić information content (AvgIpc) is 2.66. The lowest BCUT2D eigenvalue weighted by atomic mass is 10.2. The predicted molar refractivity (Wildman–Crippen MR) is 115 cm³/mol. The number of thiocarbonyl (C=S) groups is 1. The molecule has 26 heavy (non-hydrogen) atoms. The summed E-state index contributed by atoms with van der Waals surface area (Å²) in [7, 11) is 0. The van der Waals surface area contributed by atoms with Crippen molar-refractivity contribution in [3.05, 3.63) is 100 Å². The van der Waals surface area contributed by atoms with Gasteiger partial charge in [-0.15, -0.1) is 0 Å². The van der Waals surface area contributed by atoms with Crippen molar-refractivity contribution in [2.75, 3.05) is 5.32 Å². The van der Waals surface area contributed by atoms with Crippen molar-refractivity contribution in [3.8, 4) is 0 Å². The zero-order valence-corrected chi connectivity index (χ0v) is 16.4. The van der Waals surface area contributed by atoms with E-state index in [9.17, 15) is 0 Å². The van der Waals surface area contributed by atoms with Gasteiger partial charge >= 0.3 is 0 Å². The van der Waals surface area contributed by atoms with Crippen LogP contribution >= 0.6 is 35.4 Å². The molecule has 1 N–H and O–H groups in total. The summed E-state index contributed by atoms with van der Waals surface area (Å²) < 4.78 is 0. The van der Waals surface area contributed by atoms with Crippen molar-refractivity contribution >= 4 is 46.2 Å². The molecule has 0 fully saturated rings. The quantitative estimate of drug-likeness (QED) is 0.499. The SMILES string of the molecule is S=C(Nc1cc(Cl)ccc1Cl)N(Cc1ccccc1)Cc1ccccc1. The number of hydrogen-bond donors (Lipinski definition) is 1. The van der Waals surface area contributed by atoms with Crippen molar-refractivity contribution < 1.29 is 0 Å². The van der Waals surface area contributed by atoms with Gasteiger partial charge in [0.1, 0.15) is 0 Å². The first-order valence-electron chi connectivity index (χ1n) is 8.20. The molecule has 3 aromatic carbocycles. The maximum Gasteiger partial charge on any atom is 0.174 e. The second-order valence-corrected chi connectivity index (χ2v) is 7.11. The van der Waals surface area contributed by atoms with E-state index >= 15 is 0 Å². The van der Waals surface area contributed by atoms with E-state index < -0.39 is 0 Å². The number of halogens is 2. The highest BCUT2D eigenvalue weighted by atomic mass is 35.5. The van der Waals surface area contributed by atoms with Crippen LogP contribution in [0.2, 0.25) is 10.0 Å². The number of hydrogen-bond acceptors (Lipinski definition) is 1. The predicted octanol–water partition coefficient (Wildman–Crippen LogP) is 6.39.